The van der Waals surface area contributed by atoms with Crippen LogP contribution in [0.5, 0.6) is 5.75 Å². The van der Waals surface area contributed by atoms with Gasteiger partial charge in [0.15, 0.2) is 0 Å². The summed E-state index contributed by atoms with van der Waals surface area (Å²) in [7, 11) is 1.30. The summed E-state index contributed by atoms with van der Waals surface area (Å²) < 4.78 is 42.1. The van der Waals surface area contributed by atoms with E-state index in [0.717, 1.165) is 6.07 Å². The van der Waals surface area contributed by atoms with Crippen LogP contribution in [-0.2, 0) is 6.18 Å². The van der Waals surface area contributed by atoms with E-state index in [9.17, 15) is 13.2 Å². The number of hydrogen-bond acceptors (Lipinski definition) is 1. The van der Waals surface area contributed by atoms with E-state index in [-0.39, 0.29) is 16.3 Å². The van der Waals surface area contributed by atoms with E-state index < -0.39 is 11.7 Å². The molecule has 0 spiro atoms. The molecule has 78 valence electrons. The average Bonchev–Trinajstić information content (AvgIpc) is 2.06. The summed E-state index contributed by atoms with van der Waals surface area (Å²) in [4.78, 5) is 0. The molecule has 5 heteroatoms. The first kappa shape index (κ1) is 11.2. The second-order valence-corrected chi connectivity index (χ2v) is 3.21. The smallest absolute Gasteiger partial charge is 0.416 e. The first-order valence-electron chi connectivity index (χ1n) is 3.77. The third kappa shape index (κ3) is 2.12. The molecule has 0 aliphatic carbocycles. The lowest BCUT2D eigenvalue weighted by Gasteiger charge is -2.13. The van der Waals surface area contributed by atoms with Crippen molar-refractivity contribution in [1.29, 1.82) is 0 Å². The fourth-order valence-corrected chi connectivity index (χ4v) is 1.37. The quantitative estimate of drug-likeness (QED) is 0.707. The molecule has 1 aromatic rings. The van der Waals surface area contributed by atoms with Crippen LogP contribution >= 0.6 is 11.6 Å². The minimum atomic E-state index is -4.40. The van der Waals surface area contributed by atoms with Crippen LogP contribution in [0.25, 0.3) is 0 Å². The fourth-order valence-electron chi connectivity index (χ4n) is 1.16. The standard InChI is InChI=1S/C9H8ClF3O/c1-5-7(9(11,12)13)3-6(10)4-8(5)14-2/h3-4H,1-2H3. The predicted octanol–water partition coefficient (Wildman–Crippen LogP) is 3.68. The molecule has 0 aliphatic rings. The normalized spacial score (nSPS) is 11.6. The summed E-state index contributed by atoms with van der Waals surface area (Å²) in [6.45, 7) is 1.35. The third-order valence-corrected chi connectivity index (χ3v) is 2.07. The second-order valence-electron chi connectivity index (χ2n) is 2.78. The lowest BCUT2D eigenvalue weighted by molar-refractivity contribution is -0.138. The van der Waals surface area contributed by atoms with Gasteiger partial charge in [-0.05, 0) is 19.1 Å². The topological polar surface area (TPSA) is 9.23 Å². The lowest BCUT2D eigenvalue weighted by Crippen LogP contribution is -2.08. The highest BCUT2D eigenvalue weighted by molar-refractivity contribution is 6.30. The van der Waals surface area contributed by atoms with Crippen LogP contribution in [0, 0.1) is 6.92 Å². The Kier molecular flexibility index (Phi) is 2.95. The van der Waals surface area contributed by atoms with Gasteiger partial charge in [0.2, 0.25) is 0 Å². The van der Waals surface area contributed by atoms with Crippen molar-refractivity contribution in [3.8, 4) is 5.75 Å². The number of hydrogen-bond donors (Lipinski definition) is 0. The minimum absolute atomic E-state index is 0.0137. The van der Waals surface area contributed by atoms with Crippen molar-refractivity contribution in [3.05, 3.63) is 28.3 Å². The van der Waals surface area contributed by atoms with Crippen molar-refractivity contribution in [2.75, 3.05) is 7.11 Å². The lowest BCUT2D eigenvalue weighted by atomic mass is 10.1. The Labute approximate surface area is 84.4 Å². The Morgan fingerprint density at radius 2 is 1.86 bits per heavy atom. The molecule has 0 atom stereocenters. The zero-order valence-electron chi connectivity index (χ0n) is 7.57. The maximum absolute atomic E-state index is 12.4. The maximum atomic E-state index is 12.4. The molecule has 0 aliphatic heterocycles. The third-order valence-electron chi connectivity index (χ3n) is 1.85. The van der Waals surface area contributed by atoms with Crippen molar-refractivity contribution in [2.24, 2.45) is 0 Å². The summed E-state index contributed by atoms with van der Waals surface area (Å²) in [6, 6.07) is 2.24. The highest BCUT2D eigenvalue weighted by Gasteiger charge is 2.33. The number of benzene rings is 1. The molecule has 0 heterocycles. The molecule has 0 saturated carbocycles. The van der Waals surface area contributed by atoms with Crippen LogP contribution < -0.4 is 4.74 Å². The van der Waals surface area contributed by atoms with Gasteiger partial charge in [-0.3, -0.25) is 0 Å². The van der Waals surface area contributed by atoms with Crippen LogP contribution in [0.15, 0.2) is 12.1 Å². The zero-order valence-corrected chi connectivity index (χ0v) is 8.33. The van der Waals surface area contributed by atoms with E-state index in [4.69, 9.17) is 16.3 Å². The number of halogens is 4. The molecular formula is C9H8ClF3O. The summed E-state index contributed by atoms with van der Waals surface area (Å²) in [6.07, 6.45) is -4.40. The van der Waals surface area contributed by atoms with Crippen molar-refractivity contribution in [3.63, 3.8) is 0 Å². The van der Waals surface area contributed by atoms with Crippen molar-refractivity contribution < 1.29 is 17.9 Å². The molecule has 0 N–H and O–H groups in total. The summed E-state index contributed by atoms with van der Waals surface area (Å²) in [5.74, 6) is 0.143. The van der Waals surface area contributed by atoms with Crippen molar-refractivity contribution in [1.82, 2.24) is 0 Å². The Balaban J connectivity index is 3.37. The molecule has 0 amide bonds. The van der Waals surface area contributed by atoms with E-state index in [1.165, 1.54) is 20.1 Å². The maximum Gasteiger partial charge on any atom is 0.416 e. The predicted molar refractivity (Wildman–Crippen MR) is 47.7 cm³/mol. The van der Waals surface area contributed by atoms with Gasteiger partial charge in [-0.2, -0.15) is 13.2 Å². The highest BCUT2D eigenvalue weighted by Crippen LogP contribution is 2.37. The molecule has 1 nitrogen and oxygen atoms in total. The monoisotopic (exact) mass is 224 g/mol. The van der Waals surface area contributed by atoms with Gasteiger partial charge >= 0.3 is 6.18 Å². The molecule has 0 fully saturated rings. The Morgan fingerprint density at radius 1 is 1.29 bits per heavy atom. The summed E-state index contributed by atoms with van der Waals surface area (Å²) in [5, 5.41) is 0.0137. The van der Waals surface area contributed by atoms with Crippen LogP contribution in [0.2, 0.25) is 5.02 Å². The van der Waals surface area contributed by atoms with Gasteiger partial charge in [0.05, 0.1) is 12.7 Å². The van der Waals surface area contributed by atoms with E-state index in [0.29, 0.717) is 0 Å². The fraction of sp³-hybridized carbons (Fsp3) is 0.333. The Hall–Kier alpha value is -0.900. The molecule has 0 bridgehead atoms. The molecule has 1 rings (SSSR count). The van der Waals surface area contributed by atoms with Gasteiger partial charge in [0.1, 0.15) is 5.75 Å². The first-order chi connectivity index (χ1) is 6.36. The van der Waals surface area contributed by atoms with Crippen LogP contribution in [0.1, 0.15) is 11.1 Å². The SMILES string of the molecule is COc1cc(Cl)cc(C(F)(F)F)c1C. The van der Waals surface area contributed by atoms with Gasteiger partial charge in [-0.1, -0.05) is 11.6 Å². The van der Waals surface area contributed by atoms with E-state index in [2.05, 4.69) is 0 Å². The second kappa shape index (κ2) is 3.69. The number of rotatable bonds is 1. The van der Waals surface area contributed by atoms with Crippen molar-refractivity contribution in [2.45, 2.75) is 13.1 Å². The zero-order chi connectivity index (χ0) is 10.9. The van der Waals surface area contributed by atoms with Gasteiger partial charge in [0, 0.05) is 10.6 Å². The van der Waals surface area contributed by atoms with Gasteiger partial charge in [-0.15, -0.1) is 0 Å². The largest absolute Gasteiger partial charge is 0.496 e. The van der Waals surface area contributed by atoms with Gasteiger partial charge < -0.3 is 4.74 Å². The number of ether oxygens (including phenoxy) is 1. The van der Waals surface area contributed by atoms with E-state index in [1.54, 1.807) is 0 Å². The van der Waals surface area contributed by atoms with Gasteiger partial charge in [-0.25, -0.2) is 0 Å². The summed E-state index contributed by atoms with van der Waals surface area (Å²) >= 11 is 5.53. The average molecular weight is 225 g/mol. The molecule has 1 aromatic carbocycles. The van der Waals surface area contributed by atoms with Crippen LogP contribution in [-0.4, -0.2) is 7.11 Å². The molecule has 0 aromatic heterocycles. The molecule has 0 saturated heterocycles. The molecule has 0 radical (unpaired) electrons. The first-order valence-corrected chi connectivity index (χ1v) is 4.15. The molecule has 0 unspecified atom stereocenters. The molecular weight excluding hydrogens is 217 g/mol. The number of alkyl halides is 3. The highest BCUT2D eigenvalue weighted by atomic mass is 35.5. The van der Waals surface area contributed by atoms with Crippen LogP contribution in [0.4, 0.5) is 13.2 Å². The minimum Gasteiger partial charge on any atom is -0.496 e. The summed E-state index contributed by atoms with van der Waals surface area (Å²) in [5.41, 5.74) is -0.716. The Morgan fingerprint density at radius 3 is 2.29 bits per heavy atom. The number of methoxy groups -OCH3 is 1. The van der Waals surface area contributed by atoms with E-state index in [1.807, 2.05) is 0 Å². The molecule has 14 heavy (non-hydrogen) atoms. The Bertz CT molecular complexity index is 347. The van der Waals surface area contributed by atoms with Gasteiger partial charge in [0.25, 0.3) is 0 Å². The van der Waals surface area contributed by atoms with Crippen molar-refractivity contribution >= 4 is 11.6 Å². The van der Waals surface area contributed by atoms with E-state index >= 15 is 0 Å². The van der Waals surface area contributed by atoms with Crippen LogP contribution in [0.3, 0.4) is 0 Å².